The second-order valence-corrected chi connectivity index (χ2v) is 7.89. The van der Waals surface area contributed by atoms with Crippen molar-refractivity contribution in [1.82, 2.24) is 19.8 Å². The first-order valence-corrected chi connectivity index (χ1v) is 9.90. The van der Waals surface area contributed by atoms with Crippen molar-refractivity contribution in [3.8, 4) is 0 Å². The number of nitrogens with one attached hydrogen (secondary N) is 1. The first kappa shape index (κ1) is 19.6. The summed E-state index contributed by atoms with van der Waals surface area (Å²) in [6.45, 7) is 2.15. The Morgan fingerprint density at radius 3 is 2.89 bits per heavy atom. The molecule has 1 saturated heterocycles. The SMILES string of the molecule is CN(C)c1nc(CN(C)[C@@H]2CCN(C(=O)C3=CCCCCC3)C2)cc(=O)[nH]1. The number of hydrogen-bond acceptors (Lipinski definition) is 5. The van der Waals surface area contributed by atoms with Crippen molar-refractivity contribution >= 4 is 11.9 Å². The lowest BCUT2D eigenvalue weighted by molar-refractivity contribution is -0.126. The summed E-state index contributed by atoms with van der Waals surface area (Å²) in [5.74, 6) is 0.784. The molecule has 0 bridgehead atoms. The molecular formula is C20H31N5O2. The lowest BCUT2D eigenvalue weighted by Crippen LogP contribution is -2.37. The van der Waals surface area contributed by atoms with E-state index in [1.807, 2.05) is 26.0 Å². The maximum atomic E-state index is 12.8. The molecule has 27 heavy (non-hydrogen) atoms. The minimum atomic E-state index is -0.138. The summed E-state index contributed by atoms with van der Waals surface area (Å²) in [7, 11) is 5.75. The number of aromatic amines is 1. The van der Waals surface area contributed by atoms with Gasteiger partial charge < -0.3 is 9.80 Å². The maximum Gasteiger partial charge on any atom is 0.252 e. The highest BCUT2D eigenvalue weighted by Crippen LogP contribution is 2.23. The normalized spacial score (nSPS) is 20.5. The van der Waals surface area contributed by atoms with Gasteiger partial charge in [-0.2, -0.15) is 0 Å². The highest BCUT2D eigenvalue weighted by molar-refractivity contribution is 5.93. The Bertz CT molecular complexity index is 755. The van der Waals surface area contributed by atoms with Crippen LogP contribution in [-0.2, 0) is 11.3 Å². The van der Waals surface area contributed by atoms with Crippen molar-refractivity contribution in [3.05, 3.63) is 33.8 Å². The van der Waals surface area contributed by atoms with E-state index in [1.54, 1.807) is 11.0 Å². The number of hydrogen-bond donors (Lipinski definition) is 1. The summed E-state index contributed by atoms with van der Waals surface area (Å²) < 4.78 is 0. The molecule has 2 aliphatic rings. The predicted molar refractivity (Wildman–Crippen MR) is 107 cm³/mol. The summed E-state index contributed by atoms with van der Waals surface area (Å²) in [4.78, 5) is 37.9. The second-order valence-electron chi connectivity index (χ2n) is 7.89. The summed E-state index contributed by atoms with van der Waals surface area (Å²) >= 11 is 0. The van der Waals surface area contributed by atoms with Gasteiger partial charge in [0.15, 0.2) is 0 Å². The quantitative estimate of drug-likeness (QED) is 0.851. The molecule has 0 unspecified atom stereocenters. The van der Waals surface area contributed by atoms with Crippen LogP contribution in [0.3, 0.4) is 0 Å². The van der Waals surface area contributed by atoms with Crippen LogP contribution < -0.4 is 10.5 Å². The molecule has 1 aromatic rings. The number of rotatable bonds is 5. The Labute approximate surface area is 161 Å². The zero-order valence-electron chi connectivity index (χ0n) is 16.7. The van der Waals surface area contributed by atoms with E-state index in [2.05, 4.69) is 20.9 Å². The van der Waals surface area contributed by atoms with E-state index in [4.69, 9.17) is 0 Å². The Morgan fingerprint density at radius 2 is 2.11 bits per heavy atom. The molecule has 1 aliphatic carbocycles. The molecular weight excluding hydrogens is 342 g/mol. The van der Waals surface area contributed by atoms with Crippen LogP contribution in [0.4, 0.5) is 5.95 Å². The Kier molecular flexibility index (Phi) is 6.31. The van der Waals surface area contributed by atoms with Gasteiger partial charge in [0.25, 0.3) is 5.56 Å². The van der Waals surface area contributed by atoms with Gasteiger partial charge in [-0.3, -0.25) is 19.5 Å². The number of aromatic nitrogens is 2. The lowest BCUT2D eigenvalue weighted by Gasteiger charge is -2.25. The van der Waals surface area contributed by atoms with Gasteiger partial charge in [0.1, 0.15) is 0 Å². The van der Waals surface area contributed by atoms with E-state index in [0.717, 1.165) is 50.0 Å². The number of likely N-dealkylation sites (N-methyl/N-ethyl adjacent to an activating group) is 1. The van der Waals surface area contributed by atoms with Crippen molar-refractivity contribution in [3.63, 3.8) is 0 Å². The van der Waals surface area contributed by atoms with Gasteiger partial charge in [-0.15, -0.1) is 0 Å². The highest BCUT2D eigenvalue weighted by atomic mass is 16.2. The highest BCUT2D eigenvalue weighted by Gasteiger charge is 2.30. The molecule has 1 fully saturated rings. The third kappa shape index (κ3) is 4.97. The zero-order valence-corrected chi connectivity index (χ0v) is 16.7. The smallest absolute Gasteiger partial charge is 0.252 e. The Hall–Kier alpha value is -2.15. The van der Waals surface area contributed by atoms with Gasteiger partial charge in [0.2, 0.25) is 11.9 Å². The van der Waals surface area contributed by atoms with E-state index < -0.39 is 0 Å². The van der Waals surface area contributed by atoms with Crippen LogP contribution in [0.5, 0.6) is 0 Å². The lowest BCUT2D eigenvalue weighted by atomic mass is 10.1. The Balaban J connectivity index is 1.60. The number of amides is 1. The summed E-state index contributed by atoms with van der Waals surface area (Å²) in [5, 5.41) is 0. The molecule has 7 heteroatoms. The fourth-order valence-corrected chi connectivity index (χ4v) is 3.87. The fraction of sp³-hybridized carbons (Fsp3) is 0.650. The fourth-order valence-electron chi connectivity index (χ4n) is 3.87. The molecule has 0 radical (unpaired) electrons. The molecule has 0 saturated carbocycles. The number of anilines is 1. The minimum Gasteiger partial charge on any atom is -0.348 e. The molecule has 1 aromatic heterocycles. The molecule has 2 heterocycles. The van der Waals surface area contributed by atoms with Crippen LogP contribution in [0.15, 0.2) is 22.5 Å². The number of carbonyl (C=O) groups is 1. The van der Waals surface area contributed by atoms with Crippen LogP contribution in [0.2, 0.25) is 0 Å². The van der Waals surface area contributed by atoms with Gasteiger partial charge in [0.05, 0.1) is 5.69 Å². The summed E-state index contributed by atoms with van der Waals surface area (Å²) in [6.07, 6.45) is 8.59. The molecule has 1 aliphatic heterocycles. The Morgan fingerprint density at radius 1 is 1.30 bits per heavy atom. The van der Waals surface area contributed by atoms with E-state index in [1.165, 1.54) is 12.8 Å². The van der Waals surface area contributed by atoms with Crippen molar-refractivity contribution in [2.45, 2.75) is 51.1 Å². The zero-order chi connectivity index (χ0) is 19.4. The summed E-state index contributed by atoms with van der Waals surface area (Å²) in [5.41, 5.74) is 1.62. The second kappa shape index (κ2) is 8.69. The predicted octanol–water partition coefficient (Wildman–Crippen LogP) is 1.76. The van der Waals surface area contributed by atoms with Crippen molar-refractivity contribution < 1.29 is 4.79 Å². The number of nitrogens with zero attached hydrogens (tertiary/aromatic N) is 4. The number of carbonyl (C=O) groups excluding carboxylic acids is 1. The standard InChI is InChI=1S/C20H31N5O2/c1-23(2)20-21-16(12-18(26)22-20)13-24(3)17-10-11-25(14-17)19(27)15-8-6-4-5-7-9-15/h8,12,17H,4-7,9-11,13-14H2,1-3H3,(H,21,22,26)/t17-/m1/s1. The molecule has 148 valence electrons. The van der Waals surface area contributed by atoms with Gasteiger partial charge in [-0.05, 0) is 39.2 Å². The summed E-state index contributed by atoms with van der Waals surface area (Å²) in [6, 6.07) is 1.85. The van der Waals surface area contributed by atoms with Crippen LogP contribution in [0, 0.1) is 0 Å². The van der Waals surface area contributed by atoms with Crippen molar-refractivity contribution in [1.29, 1.82) is 0 Å². The number of H-pyrrole nitrogens is 1. The largest absolute Gasteiger partial charge is 0.348 e. The molecule has 1 N–H and O–H groups in total. The minimum absolute atomic E-state index is 0.138. The third-order valence-corrected chi connectivity index (χ3v) is 5.51. The van der Waals surface area contributed by atoms with Gasteiger partial charge >= 0.3 is 0 Å². The van der Waals surface area contributed by atoms with E-state index in [9.17, 15) is 9.59 Å². The number of likely N-dealkylation sites (tertiary alicyclic amines) is 1. The number of allylic oxidation sites excluding steroid dienone is 1. The van der Waals surface area contributed by atoms with Crippen LogP contribution in [0.1, 0.15) is 44.2 Å². The van der Waals surface area contributed by atoms with Crippen LogP contribution in [0.25, 0.3) is 0 Å². The molecule has 1 atom stereocenters. The average molecular weight is 374 g/mol. The average Bonchev–Trinajstić information content (AvgIpc) is 2.96. The van der Waals surface area contributed by atoms with Gasteiger partial charge in [0, 0.05) is 51.4 Å². The van der Waals surface area contributed by atoms with Crippen molar-refractivity contribution in [2.24, 2.45) is 0 Å². The van der Waals surface area contributed by atoms with Gasteiger partial charge in [-0.1, -0.05) is 12.5 Å². The van der Waals surface area contributed by atoms with Gasteiger partial charge in [-0.25, -0.2) is 4.98 Å². The molecule has 3 rings (SSSR count). The molecule has 0 aromatic carbocycles. The monoisotopic (exact) mass is 373 g/mol. The van der Waals surface area contributed by atoms with Crippen molar-refractivity contribution in [2.75, 3.05) is 39.1 Å². The first-order valence-electron chi connectivity index (χ1n) is 9.90. The maximum absolute atomic E-state index is 12.8. The van der Waals surface area contributed by atoms with Crippen LogP contribution >= 0.6 is 0 Å². The first-order chi connectivity index (χ1) is 12.9. The topological polar surface area (TPSA) is 72.5 Å². The van der Waals surface area contributed by atoms with E-state index in [0.29, 0.717) is 18.5 Å². The molecule has 7 nitrogen and oxygen atoms in total. The van der Waals surface area contributed by atoms with Crippen LogP contribution in [-0.4, -0.2) is 65.9 Å². The third-order valence-electron chi connectivity index (χ3n) is 5.51. The molecule has 0 spiro atoms. The van der Waals surface area contributed by atoms with E-state index >= 15 is 0 Å². The molecule has 1 amide bonds. The van der Waals surface area contributed by atoms with E-state index in [-0.39, 0.29) is 11.5 Å².